The maximum Gasteiger partial charge on any atom is 0.137 e. The number of nitrogens with one attached hydrogen (secondary N) is 2. The average Bonchev–Trinajstić information content (AvgIpc) is 2.80. The molecule has 1 aliphatic heterocycles. The van der Waals surface area contributed by atoms with E-state index in [1.54, 1.807) is 6.33 Å². The Hall–Kier alpha value is -0.940. The van der Waals surface area contributed by atoms with Gasteiger partial charge in [-0.3, -0.25) is 5.10 Å². The van der Waals surface area contributed by atoms with E-state index < -0.39 is 0 Å². The summed E-state index contributed by atoms with van der Waals surface area (Å²) in [7, 11) is 2.20. The predicted molar refractivity (Wildman–Crippen MR) is 63.2 cm³/mol. The van der Waals surface area contributed by atoms with Gasteiger partial charge in [-0.1, -0.05) is 0 Å². The minimum absolute atomic E-state index is 0.853. The Labute approximate surface area is 96.6 Å². The van der Waals surface area contributed by atoms with E-state index in [4.69, 9.17) is 0 Å². The van der Waals surface area contributed by atoms with Crippen LogP contribution < -0.4 is 5.32 Å². The molecular weight excluding hydrogens is 202 g/mol. The van der Waals surface area contributed by atoms with E-state index in [0.717, 1.165) is 31.3 Å². The van der Waals surface area contributed by atoms with Crippen LogP contribution in [0.3, 0.4) is 0 Å². The Bertz CT molecular complexity index is 277. The lowest BCUT2D eigenvalue weighted by Crippen LogP contribution is -2.35. The van der Waals surface area contributed by atoms with E-state index in [0.29, 0.717) is 0 Å². The molecule has 90 valence electrons. The SMILES string of the molecule is CN1CCC(CNCCc2ncn[nH]2)CC1. The highest BCUT2D eigenvalue weighted by atomic mass is 15.2. The van der Waals surface area contributed by atoms with Crippen LogP contribution in [0.1, 0.15) is 18.7 Å². The summed E-state index contributed by atoms with van der Waals surface area (Å²) in [5.41, 5.74) is 0. The first-order valence-electron chi connectivity index (χ1n) is 6.08. The molecular formula is C11H21N5. The molecule has 0 aromatic carbocycles. The highest BCUT2D eigenvalue weighted by Gasteiger charge is 2.15. The zero-order valence-electron chi connectivity index (χ0n) is 9.95. The molecule has 0 amide bonds. The van der Waals surface area contributed by atoms with Gasteiger partial charge >= 0.3 is 0 Å². The lowest BCUT2D eigenvalue weighted by Gasteiger charge is -2.28. The van der Waals surface area contributed by atoms with Crippen LogP contribution in [0.25, 0.3) is 0 Å². The standard InChI is InChI=1S/C11H21N5/c1-16-6-3-10(4-7-16)8-12-5-2-11-13-9-14-15-11/h9-10,12H,2-8H2,1H3,(H,13,14,15). The van der Waals surface area contributed by atoms with Gasteiger partial charge in [-0.2, -0.15) is 5.10 Å². The summed E-state index contributed by atoms with van der Waals surface area (Å²) in [6.45, 7) is 4.62. The number of likely N-dealkylation sites (tertiary alicyclic amines) is 1. The second-order valence-corrected chi connectivity index (χ2v) is 4.63. The number of rotatable bonds is 5. The van der Waals surface area contributed by atoms with Crippen molar-refractivity contribution < 1.29 is 0 Å². The van der Waals surface area contributed by atoms with Gasteiger partial charge in [0.1, 0.15) is 12.2 Å². The van der Waals surface area contributed by atoms with Gasteiger partial charge in [0.05, 0.1) is 0 Å². The van der Waals surface area contributed by atoms with Crippen LogP contribution >= 0.6 is 0 Å². The van der Waals surface area contributed by atoms with Crippen molar-refractivity contribution in [2.24, 2.45) is 5.92 Å². The third-order valence-electron chi connectivity index (χ3n) is 3.27. The third-order valence-corrected chi connectivity index (χ3v) is 3.27. The minimum Gasteiger partial charge on any atom is -0.316 e. The molecule has 0 bridgehead atoms. The molecule has 1 aliphatic rings. The molecule has 0 saturated carbocycles. The zero-order valence-corrected chi connectivity index (χ0v) is 9.95. The number of aromatic amines is 1. The zero-order chi connectivity index (χ0) is 11.2. The second-order valence-electron chi connectivity index (χ2n) is 4.63. The second kappa shape index (κ2) is 5.96. The topological polar surface area (TPSA) is 56.8 Å². The molecule has 0 unspecified atom stereocenters. The molecule has 0 spiro atoms. The molecule has 1 saturated heterocycles. The molecule has 2 rings (SSSR count). The molecule has 0 atom stereocenters. The Kier molecular flexibility index (Phi) is 4.30. The van der Waals surface area contributed by atoms with Crippen molar-refractivity contribution in [3.05, 3.63) is 12.2 Å². The maximum atomic E-state index is 4.10. The van der Waals surface area contributed by atoms with Crippen LogP contribution in [0.15, 0.2) is 6.33 Å². The average molecular weight is 223 g/mol. The summed E-state index contributed by atoms with van der Waals surface area (Å²) in [5.74, 6) is 1.82. The number of hydrogen-bond acceptors (Lipinski definition) is 4. The van der Waals surface area contributed by atoms with Gasteiger partial charge in [-0.15, -0.1) is 0 Å². The van der Waals surface area contributed by atoms with Crippen LogP contribution in [0.5, 0.6) is 0 Å². The first-order chi connectivity index (χ1) is 7.84. The largest absolute Gasteiger partial charge is 0.316 e. The lowest BCUT2D eigenvalue weighted by molar-refractivity contribution is 0.216. The van der Waals surface area contributed by atoms with E-state index >= 15 is 0 Å². The van der Waals surface area contributed by atoms with E-state index in [9.17, 15) is 0 Å². The summed E-state index contributed by atoms with van der Waals surface area (Å²) in [4.78, 5) is 6.50. The van der Waals surface area contributed by atoms with Gasteiger partial charge in [0.25, 0.3) is 0 Å². The molecule has 2 N–H and O–H groups in total. The van der Waals surface area contributed by atoms with Crippen molar-refractivity contribution >= 4 is 0 Å². The molecule has 5 heteroatoms. The van der Waals surface area contributed by atoms with Gasteiger partial charge in [0.2, 0.25) is 0 Å². The highest BCUT2D eigenvalue weighted by Crippen LogP contribution is 2.14. The van der Waals surface area contributed by atoms with Crippen molar-refractivity contribution in [1.29, 1.82) is 0 Å². The predicted octanol–water partition coefficient (Wildman–Crippen LogP) is 0.279. The fourth-order valence-corrected chi connectivity index (χ4v) is 2.13. The number of piperidine rings is 1. The monoisotopic (exact) mass is 223 g/mol. The van der Waals surface area contributed by atoms with Crippen molar-refractivity contribution in [1.82, 2.24) is 25.4 Å². The minimum atomic E-state index is 0.853. The number of H-pyrrole nitrogens is 1. The van der Waals surface area contributed by atoms with E-state index in [-0.39, 0.29) is 0 Å². The highest BCUT2D eigenvalue weighted by molar-refractivity contribution is 4.81. The van der Waals surface area contributed by atoms with Crippen LogP contribution in [0.2, 0.25) is 0 Å². The molecule has 0 aliphatic carbocycles. The van der Waals surface area contributed by atoms with Crippen molar-refractivity contribution in [2.75, 3.05) is 33.2 Å². The molecule has 0 radical (unpaired) electrons. The molecule has 2 heterocycles. The van der Waals surface area contributed by atoms with Crippen LogP contribution in [-0.4, -0.2) is 53.3 Å². The molecule has 1 fully saturated rings. The quantitative estimate of drug-likeness (QED) is 0.704. The Morgan fingerprint density at radius 1 is 1.50 bits per heavy atom. The Morgan fingerprint density at radius 3 is 3.00 bits per heavy atom. The number of aromatic nitrogens is 3. The summed E-state index contributed by atoms with van der Waals surface area (Å²) < 4.78 is 0. The maximum absolute atomic E-state index is 4.10. The number of hydrogen-bond donors (Lipinski definition) is 2. The fourth-order valence-electron chi connectivity index (χ4n) is 2.13. The van der Waals surface area contributed by atoms with Crippen molar-refractivity contribution in [2.45, 2.75) is 19.3 Å². The summed E-state index contributed by atoms with van der Waals surface area (Å²) in [5, 5.41) is 10.2. The van der Waals surface area contributed by atoms with Gasteiger partial charge in [-0.05, 0) is 45.4 Å². The van der Waals surface area contributed by atoms with E-state index in [1.165, 1.54) is 25.9 Å². The van der Waals surface area contributed by atoms with Gasteiger partial charge < -0.3 is 10.2 Å². The van der Waals surface area contributed by atoms with E-state index in [2.05, 4.69) is 32.4 Å². The van der Waals surface area contributed by atoms with Crippen LogP contribution in [-0.2, 0) is 6.42 Å². The molecule has 1 aromatic heterocycles. The van der Waals surface area contributed by atoms with Gasteiger partial charge in [-0.25, -0.2) is 4.98 Å². The van der Waals surface area contributed by atoms with Crippen LogP contribution in [0, 0.1) is 5.92 Å². The molecule has 1 aromatic rings. The Morgan fingerprint density at radius 2 is 2.31 bits per heavy atom. The first kappa shape index (κ1) is 11.5. The first-order valence-corrected chi connectivity index (χ1v) is 6.08. The smallest absolute Gasteiger partial charge is 0.137 e. The van der Waals surface area contributed by atoms with Gasteiger partial charge in [0.15, 0.2) is 0 Å². The van der Waals surface area contributed by atoms with Gasteiger partial charge in [0, 0.05) is 13.0 Å². The normalized spacial score (nSPS) is 19.1. The van der Waals surface area contributed by atoms with E-state index in [1.807, 2.05) is 0 Å². The van der Waals surface area contributed by atoms with Crippen LogP contribution in [0.4, 0.5) is 0 Å². The third kappa shape index (κ3) is 3.57. The summed E-state index contributed by atoms with van der Waals surface area (Å²) >= 11 is 0. The lowest BCUT2D eigenvalue weighted by atomic mass is 9.97. The summed E-state index contributed by atoms with van der Waals surface area (Å²) in [6.07, 6.45) is 5.15. The fraction of sp³-hybridized carbons (Fsp3) is 0.818. The number of nitrogens with zero attached hydrogens (tertiary/aromatic N) is 3. The summed E-state index contributed by atoms with van der Waals surface area (Å²) in [6, 6.07) is 0. The molecule has 5 nitrogen and oxygen atoms in total. The Balaban J connectivity index is 1.55. The molecule has 16 heavy (non-hydrogen) atoms. The van der Waals surface area contributed by atoms with Crippen molar-refractivity contribution in [3.63, 3.8) is 0 Å². The van der Waals surface area contributed by atoms with Crippen molar-refractivity contribution in [3.8, 4) is 0 Å².